The molecule has 6 nitrogen and oxygen atoms in total. The molecule has 23 heavy (non-hydrogen) atoms. The molecule has 1 aromatic carbocycles. The van der Waals surface area contributed by atoms with Gasteiger partial charge in [-0.2, -0.15) is 0 Å². The monoisotopic (exact) mass is 382 g/mol. The fraction of sp³-hybridized carbons (Fsp3) is 0.375. The number of methoxy groups -OCH3 is 1. The van der Waals surface area contributed by atoms with Gasteiger partial charge in [0.25, 0.3) is 5.69 Å². The van der Waals surface area contributed by atoms with Gasteiger partial charge < -0.3 is 14.5 Å². The van der Waals surface area contributed by atoms with Crippen molar-refractivity contribution in [3.05, 3.63) is 50.7 Å². The fourth-order valence-electron chi connectivity index (χ4n) is 2.14. The summed E-state index contributed by atoms with van der Waals surface area (Å²) in [5.41, 5.74) is 0.840. The van der Waals surface area contributed by atoms with Crippen LogP contribution >= 0.6 is 15.9 Å². The van der Waals surface area contributed by atoms with Crippen molar-refractivity contribution in [3.63, 3.8) is 0 Å². The summed E-state index contributed by atoms with van der Waals surface area (Å²) in [6, 6.07) is 8.41. The van der Waals surface area contributed by atoms with Crippen molar-refractivity contribution in [2.45, 2.75) is 19.4 Å². The summed E-state index contributed by atoms with van der Waals surface area (Å²) in [5, 5.41) is 14.1. The van der Waals surface area contributed by atoms with Crippen LogP contribution in [0.3, 0.4) is 0 Å². The van der Waals surface area contributed by atoms with E-state index in [0.29, 0.717) is 16.8 Å². The van der Waals surface area contributed by atoms with Crippen LogP contribution in [-0.2, 0) is 11.3 Å². The zero-order valence-electron chi connectivity index (χ0n) is 12.9. The van der Waals surface area contributed by atoms with Crippen LogP contribution in [-0.4, -0.2) is 25.2 Å². The second kappa shape index (κ2) is 8.81. The molecule has 0 saturated heterocycles. The third-order valence-corrected chi connectivity index (χ3v) is 4.00. The fourth-order valence-corrected chi connectivity index (χ4v) is 2.71. The number of hydrogen-bond acceptors (Lipinski definition) is 5. The normalized spacial score (nSPS) is 10.9. The highest BCUT2D eigenvalue weighted by Gasteiger charge is 2.13. The van der Waals surface area contributed by atoms with Crippen LogP contribution in [0.2, 0.25) is 0 Å². The minimum atomic E-state index is -0.421. The molecule has 1 heterocycles. The largest absolute Gasteiger partial charge is 0.460 e. The number of nitrogens with one attached hydrogen (secondary N) is 1. The van der Waals surface area contributed by atoms with Crippen molar-refractivity contribution in [1.82, 2.24) is 5.32 Å². The molecular formula is C16H19BrN2O4. The first-order valence-electron chi connectivity index (χ1n) is 7.34. The second-order valence-corrected chi connectivity index (χ2v) is 5.92. The minimum Gasteiger partial charge on any atom is -0.460 e. The molecule has 0 fully saturated rings. The number of ether oxygens (including phenoxy) is 1. The van der Waals surface area contributed by atoms with Gasteiger partial charge in [-0.1, -0.05) is 0 Å². The van der Waals surface area contributed by atoms with E-state index >= 15 is 0 Å². The zero-order chi connectivity index (χ0) is 16.7. The molecule has 0 saturated carbocycles. The summed E-state index contributed by atoms with van der Waals surface area (Å²) in [6.45, 7) is 2.33. The predicted octanol–water partition coefficient (Wildman–Crippen LogP) is 4.13. The Labute approximate surface area is 143 Å². The summed E-state index contributed by atoms with van der Waals surface area (Å²) in [5.74, 6) is 1.51. The first kappa shape index (κ1) is 17.7. The smallest absolute Gasteiger partial charge is 0.270 e. The zero-order valence-corrected chi connectivity index (χ0v) is 14.5. The highest BCUT2D eigenvalue weighted by molar-refractivity contribution is 9.10. The van der Waals surface area contributed by atoms with Crippen LogP contribution in [0.15, 0.2) is 39.2 Å². The third-order valence-electron chi connectivity index (χ3n) is 3.34. The molecule has 1 aromatic heterocycles. The summed E-state index contributed by atoms with van der Waals surface area (Å²) in [6.07, 6.45) is 2.08. The molecule has 0 unspecified atom stereocenters. The van der Waals surface area contributed by atoms with E-state index in [1.807, 2.05) is 12.1 Å². The number of halogens is 1. The quantitative estimate of drug-likeness (QED) is 0.400. The van der Waals surface area contributed by atoms with Crippen molar-refractivity contribution in [2.24, 2.45) is 0 Å². The lowest BCUT2D eigenvalue weighted by molar-refractivity contribution is -0.384. The molecule has 0 amide bonds. The Balaban J connectivity index is 1.93. The number of non-ortho nitro benzene ring substituents is 1. The minimum absolute atomic E-state index is 0.0464. The average molecular weight is 383 g/mol. The van der Waals surface area contributed by atoms with Crippen LogP contribution in [0.4, 0.5) is 5.69 Å². The lowest BCUT2D eigenvalue weighted by atomic mass is 10.1. The van der Waals surface area contributed by atoms with Crippen molar-refractivity contribution in [2.75, 3.05) is 20.3 Å². The van der Waals surface area contributed by atoms with Gasteiger partial charge in [0.2, 0.25) is 0 Å². The Kier molecular flexibility index (Phi) is 6.76. The van der Waals surface area contributed by atoms with Gasteiger partial charge in [-0.25, -0.2) is 0 Å². The van der Waals surface area contributed by atoms with Gasteiger partial charge in [0.1, 0.15) is 11.5 Å². The topological polar surface area (TPSA) is 77.5 Å². The maximum atomic E-state index is 10.8. The molecule has 0 aliphatic carbocycles. The average Bonchev–Trinajstić information content (AvgIpc) is 2.99. The molecule has 0 aliphatic rings. The number of hydrogen-bond donors (Lipinski definition) is 1. The number of benzene rings is 1. The number of nitrogens with zero attached hydrogens (tertiary/aromatic N) is 1. The van der Waals surface area contributed by atoms with E-state index in [4.69, 9.17) is 9.15 Å². The summed E-state index contributed by atoms with van der Waals surface area (Å²) in [7, 11) is 1.70. The molecule has 0 aliphatic heterocycles. The molecule has 2 aromatic rings. The second-order valence-electron chi connectivity index (χ2n) is 5.06. The van der Waals surface area contributed by atoms with Crippen molar-refractivity contribution in [1.29, 1.82) is 0 Å². The number of furan rings is 1. The standard InChI is InChI=1S/C16H19BrN2O4/c1-22-9-3-2-8-18-11-13-5-7-16(23-13)14-6-4-12(19(20)21)10-15(14)17/h4-7,10,18H,2-3,8-9,11H2,1H3. The van der Waals surface area contributed by atoms with Crippen LogP contribution < -0.4 is 5.32 Å². The van der Waals surface area contributed by atoms with E-state index < -0.39 is 4.92 Å². The molecule has 0 bridgehead atoms. The van der Waals surface area contributed by atoms with Crippen molar-refractivity contribution < 1.29 is 14.1 Å². The molecule has 0 spiro atoms. The van der Waals surface area contributed by atoms with Gasteiger partial charge in [-0.15, -0.1) is 0 Å². The van der Waals surface area contributed by atoms with E-state index in [9.17, 15) is 10.1 Å². The molecule has 124 valence electrons. The SMILES string of the molecule is COCCCCNCc1ccc(-c2ccc([N+](=O)[O-])cc2Br)o1. The van der Waals surface area contributed by atoms with E-state index in [0.717, 1.165) is 37.3 Å². The first-order chi connectivity index (χ1) is 11.1. The lowest BCUT2D eigenvalue weighted by Crippen LogP contribution is -2.14. The van der Waals surface area contributed by atoms with E-state index in [1.165, 1.54) is 12.1 Å². The van der Waals surface area contributed by atoms with Gasteiger partial charge in [0.05, 0.1) is 11.5 Å². The van der Waals surface area contributed by atoms with E-state index in [2.05, 4.69) is 21.2 Å². The Morgan fingerprint density at radius 1 is 1.30 bits per heavy atom. The highest BCUT2D eigenvalue weighted by Crippen LogP contribution is 2.32. The number of nitro benzene ring substituents is 1. The van der Waals surface area contributed by atoms with Crippen LogP contribution in [0.5, 0.6) is 0 Å². The Hall–Kier alpha value is -1.70. The van der Waals surface area contributed by atoms with Crippen LogP contribution in [0, 0.1) is 10.1 Å². The van der Waals surface area contributed by atoms with Crippen LogP contribution in [0.25, 0.3) is 11.3 Å². The first-order valence-corrected chi connectivity index (χ1v) is 8.14. The Morgan fingerprint density at radius 2 is 2.13 bits per heavy atom. The summed E-state index contributed by atoms with van der Waals surface area (Å²) < 4.78 is 11.4. The Bertz CT molecular complexity index is 657. The Morgan fingerprint density at radius 3 is 2.83 bits per heavy atom. The van der Waals surface area contributed by atoms with Gasteiger partial charge in [-0.3, -0.25) is 10.1 Å². The maximum Gasteiger partial charge on any atom is 0.270 e. The summed E-state index contributed by atoms with van der Waals surface area (Å²) >= 11 is 3.36. The lowest BCUT2D eigenvalue weighted by Gasteiger charge is -2.03. The van der Waals surface area contributed by atoms with E-state index in [-0.39, 0.29) is 5.69 Å². The molecule has 0 radical (unpaired) electrons. The molecular weight excluding hydrogens is 364 g/mol. The van der Waals surface area contributed by atoms with E-state index in [1.54, 1.807) is 13.2 Å². The highest BCUT2D eigenvalue weighted by atomic mass is 79.9. The summed E-state index contributed by atoms with van der Waals surface area (Å²) in [4.78, 5) is 10.3. The van der Waals surface area contributed by atoms with Gasteiger partial charge in [0.15, 0.2) is 0 Å². The van der Waals surface area contributed by atoms with Crippen LogP contribution in [0.1, 0.15) is 18.6 Å². The molecule has 1 N–H and O–H groups in total. The van der Waals surface area contributed by atoms with Gasteiger partial charge >= 0.3 is 0 Å². The van der Waals surface area contributed by atoms with Crippen molar-refractivity contribution in [3.8, 4) is 11.3 Å². The molecule has 2 rings (SSSR count). The van der Waals surface area contributed by atoms with Gasteiger partial charge in [0, 0.05) is 35.9 Å². The molecule has 7 heteroatoms. The maximum absolute atomic E-state index is 10.8. The van der Waals surface area contributed by atoms with Crippen molar-refractivity contribution >= 4 is 21.6 Å². The molecule has 0 atom stereocenters. The predicted molar refractivity (Wildman–Crippen MR) is 91.3 cm³/mol. The number of unbranched alkanes of at least 4 members (excludes halogenated alkanes) is 1. The third kappa shape index (κ3) is 5.16. The van der Waals surface area contributed by atoms with Gasteiger partial charge in [-0.05, 0) is 53.5 Å². The number of nitro groups is 1. The number of rotatable bonds is 9.